The maximum Gasteiger partial charge on any atom is 0.240 e. The first kappa shape index (κ1) is 18.5. The monoisotopic (exact) mass is 343 g/mol. The highest BCUT2D eigenvalue weighted by molar-refractivity contribution is 7.99. The van der Waals surface area contributed by atoms with E-state index in [0.29, 0.717) is 23.9 Å². The van der Waals surface area contributed by atoms with Gasteiger partial charge in [-0.2, -0.15) is 11.8 Å². The molecular weight excluding hydrogens is 314 g/mol. The van der Waals surface area contributed by atoms with Crippen molar-refractivity contribution in [2.75, 3.05) is 46.4 Å². The first-order valence-electron chi connectivity index (χ1n) is 8.10. The molecule has 0 aliphatic carbocycles. The van der Waals surface area contributed by atoms with Crippen molar-refractivity contribution in [2.45, 2.75) is 37.1 Å². The van der Waals surface area contributed by atoms with E-state index in [2.05, 4.69) is 28.5 Å². The van der Waals surface area contributed by atoms with Crippen molar-refractivity contribution in [1.29, 1.82) is 0 Å². The second kappa shape index (κ2) is 8.86. The molecule has 0 radical (unpaired) electrons. The first-order chi connectivity index (χ1) is 11.0. The average Bonchev–Trinajstić information content (AvgIpc) is 3.12. The van der Waals surface area contributed by atoms with Crippen LogP contribution in [0.1, 0.15) is 19.8 Å². The van der Waals surface area contributed by atoms with Gasteiger partial charge < -0.3 is 15.4 Å². The lowest BCUT2D eigenvalue weighted by Gasteiger charge is -2.25. The number of ether oxygens (including phenoxy) is 1. The van der Waals surface area contributed by atoms with Crippen LogP contribution in [-0.2, 0) is 9.53 Å². The lowest BCUT2D eigenvalue weighted by atomic mass is 10.2. The summed E-state index contributed by atoms with van der Waals surface area (Å²) in [6.07, 6.45) is 4.05. The molecule has 3 N–H and O–H groups in total. The van der Waals surface area contributed by atoms with Gasteiger partial charge in [0.05, 0.1) is 18.6 Å². The van der Waals surface area contributed by atoms with E-state index in [1.165, 1.54) is 0 Å². The number of thioether (sulfide) groups is 1. The third kappa shape index (κ3) is 5.34. The van der Waals surface area contributed by atoms with E-state index in [1.807, 2.05) is 16.7 Å². The Balaban J connectivity index is 1.70. The predicted molar refractivity (Wildman–Crippen MR) is 94.6 cm³/mol. The quantitative estimate of drug-likeness (QED) is 0.291. The van der Waals surface area contributed by atoms with E-state index in [9.17, 15) is 4.79 Å². The lowest BCUT2D eigenvalue weighted by Crippen LogP contribution is -2.44. The Kier molecular flexibility index (Phi) is 7.13. The van der Waals surface area contributed by atoms with Crippen LogP contribution in [0.15, 0.2) is 4.99 Å². The molecule has 8 heteroatoms. The van der Waals surface area contributed by atoms with Crippen molar-refractivity contribution < 1.29 is 9.53 Å². The van der Waals surface area contributed by atoms with E-state index in [4.69, 9.17) is 10.5 Å². The van der Waals surface area contributed by atoms with Crippen molar-refractivity contribution in [1.82, 2.24) is 15.1 Å². The van der Waals surface area contributed by atoms with E-state index in [1.54, 1.807) is 6.92 Å². The standard InChI is InChI=1S/C15H29N5O2S/c1-11(16)17-9-22-10-18-12-4-5-20(7-12)15(21)14-6-13(23-3)8-19(14)2/h12-14,18H,4-10H2,1-3H3,(H2,16,17). The number of aliphatic imine (C=N–C) groups is 1. The highest BCUT2D eigenvalue weighted by atomic mass is 32.2. The van der Waals surface area contributed by atoms with E-state index in [0.717, 1.165) is 32.5 Å². The molecule has 132 valence electrons. The van der Waals surface area contributed by atoms with E-state index < -0.39 is 0 Å². The number of rotatable bonds is 7. The second-order valence-electron chi connectivity index (χ2n) is 6.30. The van der Waals surface area contributed by atoms with Gasteiger partial charge in [0.15, 0.2) is 0 Å². The highest BCUT2D eigenvalue weighted by Crippen LogP contribution is 2.26. The summed E-state index contributed by atoms with van der Waals surface area (Å²) in [5, 5.41) is 3.89. The zero-order valence-electron chi connectivity index (χ0n) is 14.3. The fraction of sp³-hybridized carbons (Fsp3) is 0.867. The normalized spacial score (nSPS) is 29.4. The number of hydrogen-bond acceptors (Lipinski definition) is 6. The fourth-order valence-corrected chi connectivity index (χ4v) is 3.88. The molecule has 2 fully saturated rings. The molecule has 2 aliphatic heterocycles. The molecule has 3 unspecified atom stereocenters. The first-order valence-corrected chi connectivity index (χ1v) is 9.39. The van der Waals surface area contributed by atoms with E-state index >= 15 is 0 Å². The van der Waals surface area contributed by atoms with Crippen molar-refractivity contribution >= 4 is 23.5 Å². The van der Waals surface area contributed by atoms with Crippen LogP contribution in [0.3, 0.4) is 0 Å². The summed E-state index contributed by atoms with van der Waals surface area (Å²) >= 11 is 1.86. The number of carbonyl (C=O) groups excluding carboxylic acids is 1. The van der Waals surface area contributed by atoms with Crippen LogP contribution in [0.25, 0.3) is 0 Å². The number of likely N-dealkylation sites (tertiary alicyclic amines) is 2. The Morgan fingerprint density at radius 1 is 1.48 bits per heavy atom. The van der Waals surface area contributed by atoms with Crippen molar-refractivity contribution in [2.24, 2.45) is 10.7 Å². The summed E-state index contributed by atoms with van der Waals surface area (Å²) in [7, 11) is 2.05. The number of likely N-dealkylation sites (N-methyl/N-ethyl adjacent to an activating group) is 1. The van der Waals surface area contributed by atoms with Crippen molar-refractivity contribution in [3.8, 4) is 0 Å². The number of nitrogens with zero attached hydrogens (tertiary/aromatic N) is 3. The largest absolute Gasteiger partial charge is 0.388 e. The summed E-state index contributed by atoms with van der Waals surface area (Å²) in [5.74, 6) is 0.796. The van der Waals surface area contributed by atoms with Gasteiger partial charge in [0, 0.05) is 30.9 Å². The Morgan fingerprint density at radius 2 is 2.26 bits per heavy atom. The average molecular weight is 343 g/mol. The van der Waals surface area contributed by atoms with Gasteiger partial charge in [-0.25, -0.2) is 4.99 Å². The molecule has 2 rings (SSSR count). The van der Waals surface area contributed by atoms with Crippen LogP contribution >= 0.6 is 11.8 Å². The molecule has 1 amide bonds. The highest BCUT2D eigenvalue weighted by Gasteiger charge is 2.38. The van der Waals surface area contributed by atoms with E-state index in [-0.39, 0.29) is 18.7 Å². The number of amides is 1. The summed E-state index contributed by atoms with van der Waals surface area (Å²) in [4.78, 5) is 20.9. The van der Waals surface area contributed by atoms with Gasteiger partial charge in [0.1, 0.15) is 6.73 Å². The molecule has 0 spiro atoms. The summed E-state index contributed by atoms with van der Waals surface area (Å²) in [5.41, 5.74) is 5.44. The zero-order chi connectivity index (χ0) is 16.8. The molecule has 2 heterocycles. The zero-order valence-corrected chi connectivity index (χ0v) is 15.1. The van der Waals surface area contributed by atoms with Gasteiger partial charge in [-0.15, -0.1) is 0 Å². The van der Waals surface area contributed by atoms with Gasteiger partial charge in [-0.1, -0.05) is 0 Å². The minimum Gasteiger partial charge on any atom is -0.388 e. The topological polar surface area (TPSA) is 83.2 Å². The molecule has 0 aromatic heterocycles. The van der Waals surface area contributed by atoms with Crippen LogP contribution in [0.4, 0.5) is 0 Å². The number of nitrogens with two attached hydrogens (primary N) is 1. The number of hydrogen-bond donors (Lipinski definition) is 2. The molecule has 7 nitrogen and oxygen atoms in total. The molecule has 2 aliphatic rings. The van der Waals surface area contributed by atoms with Crippen molar-refractivity contribution in [3.05, 3.63) is 0 Å². The number of carbonyl (C=O) groups is 1. The smallest absolute Gasteiger partial charge is 0.240 e. The molecule has 0 aromatic carbocycles. The third-order valence-electron chi connectivity index (χ3n) is 4.51. The van der Waals surface area contributed by atoms with Gasteiger partial charge in [-0.3, -0.25) is 15.0 Å². The molecular formula is C15H29N5O2S. The Hall–Kier alpha value is -0.830. The van der Waals surface area contributed by atoms with Crippen LogP contribution in [0, 0.1) is 0 Å². The maximum atomic E-state index is 12.7. The molecule has 23 heavy (non-hydrogen) atoms. The minimum atomic E-state index is 0.0457. The molecule has 3 atom stereocenters. The summed E-state index contributed by atoms with van der Waals surface area (Å²) in [6.45, 7) is 5.02. The van der Waals surface area contributed by atoms with Gasteiger partial charge in [0.2, 0.25) is 5.91 Å². The van der Waals surface area contributed by atoms with Gasteiger partial charge >= 0.3 is 0 Å². The van der Waals surface area contributed by atoms with Crippen LogP contribution < -0.4 is 11.1 Å². The fourth-order valence-electron chi connectivity index (χ4n) is 3.12. The van der Waals surface area contributed by atoms with Gasteiger partial charge in [0.25, 0.3) is 0 Å². The van der Waals surface area contributed by atoms with Crippen molar-refractivity contribution in [3.63, 3.8) is 0 Å². The SMILES string of the molecule is CSC1CC(C(=O)N2CCC(NCOCN=C(C)N)C2)N(C)C1. The second-order valence-corrected chi connectivity index (χ2v) is 7.44. The van der Waals surface area contributed by atoms with Crippen LogP contribution in [-0.4, -0.2) is 85.3 Å². The molecule has 0 saturated carbocycles. The Labute approximate surface area is 143 Å². The van der Waals surface area contributed by atoms with Crippen LogP contribution in [0.5, 0.6) is 0 Å². The van der Waals surface area contributed by atoms with Crippen LogP contribution in [0.2, 0.25) is 0 Å². The maximum absolute atomic E-state index is 12.7. The molecule has 2 saturated heterocycles. The number of nitrogens with one attached hydrogen (secondary N) is 1. The summed E-state index contributed by atoms with van der Waals surface area (Å²) < 4.78 is 5.35. The predicted octanol–water partition coefficient (Wildman–Crippen LogP) is -0.0787. The third-order valence-corrected chi connectivity index (χ3v) is 5.52. The Bertz CT molecular complexity index is 430. The molecule has 0 bridgehead atoms. The molecule has 0 aromatic rings. The summed E-state index contributed by atoms with van der Waals surface area (Å²) in [6, 6.07) is 0.342. The van der Waals surface area contributed by atoms with Gasteiger partial charge in [-0.05, 0) is 33.1 Å². The lowest BCUT2D eigenvalue weighted by molar-refractivity contribution is -0.134. The number of amidine groups is 1. The Morgan fingerprint density at radius 3 is 2.91 bits per heavy atom. The minimum absolute atomic E-state index is 0.0457.